The topological polar surface area (TPSA) is 63.6 Å². The summed E-state index contributed by atoms with van der Waals surface area (Å²) in [7, 11) is 0. The number of phenolic OH excluding ortho intramolecular Hbond substituents is 1. The van der Waals surface area contributed by atoms with Crippen molar-refractivity contribution in [3.05, 3.63) is 63.6 Å². The minimum absolute atomic E-state index is 0.0614. The van der Waals surface area contributed by atoms with Crippen molar-refractivity contribution in [2.24, 2.45) is 0 Å². The summed E-state index contributed by atoms with van der Waals surface area (Å²) in [5.41, 5.74) is 0.341. The molecule has 108 valence electrons. The van der Waals surface area contributed by atoms with Crippen LogP contribution in [0.3, 0.4) is 0 Å². The highest BCUT2D eigenvalue weighted by atomic mass is 35.5. The maximum Gasteiger partial charge on any atom is 0.338 e. The molecular weight excluding hydrogens is 315 g/mol. The average molecular weight is 325 g/mol. The number of carbonyl (C=O) groups excluding carboxylic acids is 2. The molecule has 0 unspecified atom stereocenters. The first-order valence-corrected chi connectivity index (χ1v) is 6.67. The van der Waals surface area contributed by atoms with Gasteiger partial charge in [0.05, 0.1) is 10.6 Å². The van der Waals surface area contributed by atoms with Gasteiger partial charge < -0.3 is 9.84 Å². The van der Waals surface area contributed by atoms with Crippen LogP contribution in [-0.4, -0.2) is 23.5 Å². The third-order valence-electron chi connectivity index (χ3n) is 2.65. The summed E-state index contributed by atoms with van der Waals surface area (Å²) >= 11 is 11.7. The Hall–Kier alpha value is -2.04. The van der Waals surface area contributed by atoms with Gasteiger partial charge in [-0.25, -0.2) is 4.79 Å². The highest BCUT2D eigenvalue weighted by molar-refractivity contribution is 6.36. The number of benzene rings is 2. The molecule has 0 aliphatic carbocycles. The Labute approximate surface area is 130 Å². The number of halogens is 2. The maximum atomic E-state index is 12.0. The third kappa shape index (κ3) is 3.97. The number of esters is 1. The third-order valence-corrected chi connectivity index (χ3v) is 3.21. The Morgan fingerprint density at radius 2 is 1.86 bits per heavy atom. The summed E-state index contributed by atoms with van der Waals surface area (Å²) < 4.78 is 4.89. The number of hydrogen-bond acceptors (Lipinski definition) is 4. The normalized spacial score (nSPS) is 10.2. The lowest BCUT2D eigenvalue weighted by Crippen LogP contribution is -2.14. The van der Waals surface area contributed by atoms with Crippen LogP contribution in [0.2, 0.25) is 10.0 Å². The number of hydrogen-bond donors (Lipinski definition) is 1. The monoisotopic (exact) mass is 324 g/mol. The Kier molecular flexibility index (Phi) is 4.83. The van der Waals surface area contributed by atoms with Gasteiger partial charge in [-0.3, -0.25) is 4.79 Å². The molecule has 0 saturated heterocycles. The van der Waals surface area contributed by atoms with Gasteiger partial charge in [-0.05, 0) is 36.4 Å². The van der Waals surface area contributed by atoms with Crippen molar-refractivity contribution in [2.45, 2.75) is 0 Å². The molecular formula is C15H10Cl2O4. The fraction of sp³-hybridized carbons (Fsp3) is 0.0667. The minimum atomic E-state index is -0.711. The van der Waals surface area contributed by atoms with Crippen LogP contribution in [0.15, 0.2) is 42.5 Å². The molecule has 2 aromatic carbocycles. The van der Waals surface area contributed by atoms with Gasteiger partial charge in [0.25, 0.3) is 0 Å². The van der Waals surface area contributed by atoms with Crippen LogP contribution in [0.1, 0.15) is 20.7 Å². The zero-order valence-electron chi connectivity index (χ0n) is 10.7. The Balaban J connectivity index is 2.04. The smallest absolute Gasteiger partial charge is 0.338 e. The SMILES string of the molecule is O=C(OCC(=O)c1cc(Cl)ccc1Cl)c1cccc(O)c1. The predicted octanol–water partition coefficient (Wildman–Crippen LogP) is 3.74. The molecule has 0 aliphatic rings. The molecule has 0 atom stereocenters. The molecule has 2 aromatic rings. The van der Waals surface area contributed by atoms with Gasteiger partial charge >= 0.3 is 5.97 Å². The van der Waals surface area contributed by atoms with E-state index in [0.717, 1.165) is 0 Å². The van der Waals surface area contributed by atoms with E-state index in [4.69, 9.17) is 27.9 Å². The van der Waals surface area contributed by atoms with E-state index in [2.05, 4.69) is 0 Å². The number of carbonyl (C=O) groups is 2. The van der Waals surface area contributed by atoms with Crippen LogP contribution >= 0.6 is 23.2 Å². The lowest BCUT2D eigenvalue weighted by atomic mass is 10.1. The Bertz CT molecular complexity index is 698. The number of aromatic hydroxyl groups is 1. The van der Waals surface area contributed by atoms with Gasteiger partial charge in [0, 0.05) is 10.6 Å². The first-order valence-electron chi connectivity index (χ1n) is 5.92. The van der Waals surface area contributed by atoms with Crippen molar-refractivity contribution in [3.63, 3.8) is 0 Å². The largest absolute Gasteiger partial charge is 0.508 e. The standard InChI is InChI=1S/C15H10Cl2O4/c16-10-4-5-13(17)12(7-10)14(19)8-21-15(20)9-2-1-3-11(18)6-9/h1-7,18H,8H2. The second kappa shape index (κ2) is 6.61. The molecule has 0 aromatic heterocycles. The summed E-state index contributed by atoms with van der Waals surface area (Å²) in [6.07, 6.45) is 0. The summed E-state index contributed by atoms with van der Waals surface area (Å²) in [5.74, 6) is -1.23. The second-order valence-electron chi connectivity index (χ2n) is 4.17. The van der Waals surface area contributed by atoms with Crippen molar-refractivity contribution in [2.75, 3.05) is 6.61 Å². The first kappa shape index (κ1) is 15.4. The van der Waals surface area contributed by atoms with Crippen molar-refractivity contribution >= 4 is 35.0 Å². The van der Waals surface area contributed by atoms with Crippen LogP contribution in [-0.2, 0) is 4.74 Å². The van der Waals surface area contributed by atoms with Crippen molar-refractivity contribution < 1.29 is 19.4 Å². The molecule has 0 fully saturated rings. The van der Waals surface area contributed by atoms with Gasteiger partial charge in [0.2, 0.25) is 5.78 Å². The highest BCUT2D eigenvalue weighted by Gasteiger charge is 2.15. The van der Waals surface area contributed by atoms with Crippen molar-refractivity contribution in [1.82, 2.24) is 0 Å². The Morgan fingerprint density at radius 3 is 2.57 bits per heavy atom. The molecule has 0 radical (unpaired) electrons. The van der Waals surface area contributed by atoms with Crippen LogP contribution in [0.25, 0.3) is 0 Å². The van der Waals surface area contributed by atoms with Gasteiger partial charge in [0.15, 0.2) is 6.61 Å². The zero-order chi connectivity index (χ0) is 15.4. The summed E-state index contributed by atoms with van der Waals surface area (Å²) in [5, 5.41) is 9.87. The first-order chi connectivity index (χ1) is 9.97. The van der Waals surface area contributed by atoms with E-state index < -0.39 is 18.4 Å². The number of ether oxygens (including phenoxy) is 1. The van der Waals surface area contributed by atoms with Crippen LogP contribution in [0.5, 0.6) is 5.75 Å². The maximum absolute atomic E-state index is 12.0. The fourth-order valence-electron chi connectivity index (χ4n) is 1.64. The van der Waals surface area contributed by atoms with Crippen LogP contribution in [0, 0.1) is 0 Å². The molecule has 2 rings (SSSR count). The lowest BCUT2D eigenvalue weighted by molar-refractivity contribution is 0.0474. The van der Waals surface area contributed by atoms with Gasteiger partial charge in [-0.15, -0.1) is 0 Å². The molecule has 0 heterocycles. The van der Waals surface area contributed by atoms with E-state index in [-0.39, 0.29) is 21.9 Å². The van der Waals surface area contributed by atoms with E-state index in [0.29, 0.717) is 5.02 Å². The molecule has 0 bridgehead atoms. The van der Waals surface area contributed by atoms with E-state index in [1.807, 2.05) is 0 Å². The van der Waals surface area contributed by atoms with E-state index in [1.165, 1.54) is 36.4 Å². The summed E-state index contributed by atoms with van der Waals surface area (Å²) in [6.45, 7) is -0.464. The molecule has 0 aliphatic heterocycles. The number of Topliss-reactive ketones (excluding diaryl/α,β-unsaturated/α-hetero) is 1. The Morgan fingerprint density at radius 1 is 1.10 bits per heavy atom. The van der Waals surface area contributed by atoms with E-state index in [1.54, 1.807) is 6.07 Å². The molecule has 1 N–H and O–H groups in total. The molecule has 0 amide bonds. The second-order valence-corrected chi connectivity index (χ2v) is 5.02. The number of phenols is 1. The molecule has 21 heavy (non-hydrogen) atoms. The molecule has 0 saturated carbocycles. The summed E-state index contributed by atoms with van der Waals surface area (Å²) in [6, 6.07) is 10.1. The lowest BCUT2D eigenvalue weighted by Gasteiger charge is -2.06. The average Bonchev–Trinajstić information content (AvgIpc) is 2.47. The van der Waals surface area contributed by atoms with Crippen LogP contribution in [0.4, 0.5) is 0 Å². The molecule has 0 spiro atoms. The number of rotatable bonds is 4. The minimum Gasteiger partial charge on any atom is -0.508 e. The van der Waals surface area contributed by atoms with Crippen molar-refractivity contribution in [1.29, 1.82) is 0 Å². The summed E-state index contributed by atoms with van der Waals surface area (Å²) in [4.78, 5) is 23.7. The zero-order valence-corrected chi connectivity index (χ0v) is 12.2. The fourth-order valence-corrected chi connectivity index (χ4v) is 2.03. The quantitative estimate of drug-likeness (QED) is 0.687. The highest BCUT2D eigenvalue weighted by Crippen LogP contribution is 2.21. The van der Waals surface area contributed by atoms with Gasteiger partial charge in [-0.2, -0.15) is 0 Å². The van der Waals surface area contributed by atoms with E-state index >= 15 is 0 Å². The van der Waals surface area contributed by atoms with Gasteiger partial charge in [-0.1, -0.05) is 29.3 Å². The van der Waals surface area contributed by atoms with Crippen molar-refractivity contribution in [3.8, 4) is 5.75 Å². The number of ketones is 1. The molecule has 6 heteroatoms. The van der Waals surface area contributed by atoms with Crippen LogP contribution < -0.4 is 0 Å². The molecule has 4 nitrogen and oxygen atoms in total. The van der Waals surface area contributed by atoms with Gasteiger partial charge in [0.1, 0.15) is 5.75 Å². The predicted molar refractivity (Wildman–Crippen MR) is 79.2 cm³/mol. The van der Waals surface area contributed by atoms with E-state index in [9.17, 15) is 14.7 Å².